The van der Waals surface area contributed by atoms with Crippen molar-refractivity contribution in [3.8, 4) is 5.75 Å². The summed E-state index contributed by atoms with van der Waals surface area (Å²) in [6.07, 6.45) is -4.02. The molecule has 2 aromatic rings. The number of sulfonamides is 1. The van der Waals surface area contributed by atoms with Crippen LogP contribution in [0, 0.1) is 6.92 Å². The lowest BCUT2D eigenvalue weighted by atomic mass is 10.1. The average molecular weight is 442 g/mol. The van der Waals surface area contributed by atoms with Gasteiger partial charge in [-0.2, -0.15) is 17.5 Å². The Morgan fingerprint density at radius 1 is 1.20 bits per heavy atom. The number of carbonyl (C=O) groups is 1. The minimum Gasteiger partial charge on any atom is -0.497 e. The zero-order chi connectivity index (χ0) is 22.1. The van der Waals surface area contributed by atoms with Crippen LogP contribution >= 0.6 is 0 Å². The number of hydrogen-bond acceptors (Lipinski definition) is 4. The summed E-state index contributed by atoms with van der Waals surface area (Å²) >= 11 is 0. The molecule has 0 aliphatic carbocycles. The van der Waals surface area contributed by atoms with Crippen LogP contribution in [0.15, 0.2) is 47.4 Å². The van der Waals surface area contributed by atoms with E-state index in [0.29, 0.717) is 17.7 Å². The predicted octanol–water partition coefficient (Wildman–Crippen LogP) is 3.81. The summed E-state index contributed by atoms with van der Waals surface area (Å²) in [6, 6.07) is 8.06. The molecule has 6 nitrogen and oxygen atoms in total. The third-order valence-electron chi connectivity index (χ3n) is 4.98. The molecule has 1 atom stereocenters. The Labute approximate surface area is 172 Å². The number of aryl methyl sites for hydroxylation is 1. The Balaban J connectivity index is 1.90. The van der Waals surface area contributed by atoms with Crippen molar-refractivity contribution in [1.29, 1.82) is 0 Å². The van der Waals surface area contributed by atoms with E-state index in [2.05, 4.69) is 5.32 Å². The lowest BCUT2D eigenvalue weighted by Crippen LogP contribution is -2.43. The number of alkyl halides is 3. The van der Waals surface area contributed by atoms with Gasteiger partial charge in [-0.25, -0.2) is 8.42 Å². The molecule has 0 spiro atoms. The lowest BCUT2D eigenvalue weighted by molar-refractivity contribution is -0.137. The molecule has 2 aromatic carbocycles. The Morgan fingerprint density at radius 3 is 2.57 bits per heavy atom. The average Bonchev–Trinajstić information content (AvgIpc) is 3.19. The van der Waals surface area contributed by atoms with Gasteiger partial charge < -0.3 is 10.1 Å². The number of halogens is 3. The third-order valence-corrected chi connectivity index (χ3v) is 7.03. The molecule has 0 aromatic heterocycles. The number of rotatable bonds is 5. The van der Waals surface area contributed by atoms with Crippen molar-refractivity contribution in [2.45, 2.75) is 36.9 Å². The van der Waals surface area contributed by atoms with Gasteiger partial charge in [-0.3, -0.25) is 4.79 Å². The van der Waals surface area contributed by atoms with Gasteiger partial charge in [0.25, 0.3) is 0 Å². The number of amides is 1. The number of carbonyl (C=O) groups excluding carboxylic acids is 1. The Morgan fingerprint density at radius 2 is 1.90 bits per heavy atom. The summed E-state index contributed by atoms with van der Waals surface area (Å²) in [5, 5.41) is 2.26. The first-order valence-corrected chi connectivity index (χ1v) is 10.6. The first-order chi connectivity index (χ1) is 14.1. The minimum atomic E-state index is -4.65. The van der Waals surface area contributed by atoms with Gasteiger partial charge in [0.1, 0.15) is 11.8 Å². The van der Waals surface area contributed by atoms with Crippen LogP contribution in [-0.2, 0) is 21.0 Å². The molecule has 1 amide bonds. The highest BCUT2D eigenvalue weighted by Crippen LogP contribution is 2.35. The summed E-state index contributed by atoms with van der Waals surface area (Å²) in [4.78, 5) is 12.8. The van der Waals surface area contributed by atoms with Crippen LogP contribution in [0.25, 0.3) is 0 Å². The Bertz CT molecular complexity index is 1050. The molecule has 0 unspecified atom stereocenters. The number of nitrogens with one attached hydrogen (secondary N) is 1. The van der Waals surface area contributed by atoms with E-state index in [1.807, 2.05) is 0 Å². The molecule has 0 radical (unpaired) electrons. The van der Waals surface area contributed by atoms with E-state index >= 15 is 0 Å². The summed E-state index contributed by atoms with van der Waals surface area (Å²) in [6.45, 7) is 1.72. The molecule has 1 saturated heterocycles. The second-order valence-corrected chi connectivity index (χ2v) is 8.80. The molecule has 0 saturated carbocycles. The highest BCUT2D eigenvalue weighted by molar-refractivity contribution is 7.89. The topological polar surface area (TPSA) is 75.7 Å². The first kappa shape index (κ1) is 22.1. The zero-order valence-electron chi connectivity index (χ0n) is 16.4. The standard InChI is InChI=1S/C20H21F3N2O4S/c1-13-9-10-14(29-2)12-18(13)30(27,28)25-11-5-8-17(25)19(26)24-16-7-4-3-6-15(16)20(21,22)23/h3-4,6-7,9-10,12,17H,5,8,11H2,1-2H3,(H,24,26)/t17-/m1/s1. The lowest BCUT2D eigenvalue weighted by Gasteiger charge is -2.25. The molecule has 1 aliphatic heterocycles. The van der Waals surface area contributed by atoms with Crippen LogP contribution in [0.5, 0.6) is 5.75 Å². The van der Waals surface area contributed by atoms with Crippen LogP contribution in [0.2, 0.25) is 0 Å². The van der Waals surface area contributed by atoms with E-state index in [4.69, 9.17) is 4.74 Å². The van der Waals surface area contributed by atoms with Gasteiger partial charge in [-0.05, 0) is 43.5 Å². The number of hydrogen-bond donors (Lipinski definition) is 1. The normalized spacial score (nSPS) is 17.7. The van der Waals surface area contributed by atoms with Gasteiger partial charge >= 0.3 is 6.18 Å². The fourth-order valence-electron chi connectivity index (χ4n) is 3.46. The van der Waals surface area contributed by atoms with E-state index in [0.717, 1.165) is 16.4 Å². The highest BCUT2D eigenvalue weighted by Gasteiger charge is 2.41. The van der Waals surface area contributed by atoms with Crippen LogP contribution in [0.4, 0.5) is 18.9 Å². The van der Waals surface area contributed by atoms with Gasteiger partial charge in [0.2, 0.25) is 15.9 Å². The Kier molecular flexibility index (Phi) is 6.09. The second kappa shape index (κ2) is 8.27. The van der Waals surface area contributed by atoms with E-state index in [1.165, 1.54) is 25.3 Å². The maximum atomic E-state index is 13.2. The molecular formula is C20H21F3N2O4S. The van der Waals surface area contributed by atoms with E-state index in [9.17, 15) is 26.4 Å². The van der Waals surface area contributed by atoms with Crippen molar-refractivity contribution in [2.24, 2.45) is 0 Å². The van der Waals surface area contributed by atoms with Gasteiger partial charge in [0, 0.05) is 12.6 Å². The summed E-state index contributed by atoms with van der Waals surface area (Å²) in [5.41, 5.74) is -0.921. The van der Waals surface area contributed by atoms with Crippen molar-refractivity contribution in [3.05, 3.63) is 53.6 Å². The monoisotopic (exact) mass is 442 g/mol. The minimum absolute atomic E-state index is 0.00255. The van der Waals surface area contributed by atoms with Crippen molar-refractivity contribution in [2.75, 3.05) is 19.0 Å². The van der Waals surface area contributed by atoms with Crippen molar-refractivity contribution in [3.63, 3.8) is 0 Å². The Hall–Kier alpha value is -2.59. The molecule has 1 heterocycles. The SMILES string of the molecule is COc1ccc(C)c(S(=O)(=O)N2CCC[C@@H]2C(=O)Nc2ccccc2C(F)(F)F)c1. The van der Waals surface area contributed by atoms with Crippen LogP contribution in [0.3, 0.4) is 0 Å². The predicted molar refractivity (Wildman–Crippen MR) is 105 cm³/mol. The highest BCUT2D eigenvalue weighted by atomic mass is 32.2. The third kappa shape index (κ3) is 4.29. The molecule has 162 valence electrons. The molecule has 1 fully saturated rings. The fraction of sp³-hybridized carbons (Fsp3) is 0.350. The van der Waals surface area contributed by atoms with Crippen molar-refractivity contribution < 1.29 is 31.1 Å². The number of benzene rings is 2. The largest absolute Gasteiger partial charge is 0.497 e. The van der Waals surface area contributed by atoms with Crippen molar-refractivity contribution in [1.82, 2.24) is 4.31 Å². The fourth-order valence-corrected chi connectivity index (χ4v) is 5.36. The number of para-hydroxylation sites is 1. The van der Waals surface area contributed by atoms with Crippen LogP contribution in [-0.4, -0.2) is 38.3 Å². The number of nitrogens with zero attached hydrogens (tertiary/aromatic N) is 1. The number of ether oxygens (including phenoxy) is 1. The smallest absolute Gasteiger partial charge is 0.418 e. The van der Waals surface area contributed by atoms with Gasteiger partial charge in [-0.15, -0.1) is 0 Å². The molecular weight excluding hydrogens is 421 g/mol. The number of anilines is 1. The van der Waals surface area contributed by atoms with E-state index < -0.39 is 39.4 Å². The summed E-state index contributed by atoms with van der Waals surface area (Å²) < 4.78 is 72.2. The molecule has 1 aliphatic rings. The molecule has 1 N–H and O–H groups in total. The quantitative estimate of drug-likeness (QED) is 0.764. The molecule has 10 heteroatoms. The van der Waals surface area contributed by atoms with Crippen LogP contribution in [0.1, 0.15) is 24.0 Å². The second-order valence-electron chi connectivity index (χ2n) is 6.94. The first-order valence-electron chi connectivity index (χ1n) is 9.19. The maximum absolute atomic E-state index is 13.2. The molecule has 30 heavy (non-hydrogen) atoms. The van der Waals surface area contributed by atoms with Gasteiger partial charge in [0.05, 0.1) is 23.3 Å². The number of methoxy groups -OCH3 is 1. The molecule has 3 rings (SSSR count). The van der Waals surface area contributed by atoms with Gasteiger partial charge in [0.15, 0.2) is 0 Å². The maximum Gasteiger partial charge on any atom is 0.418 e. The van der Waals surface area contributed by atoms with E-state index in [1.54, 1.807) is 19.1 Å². The summed E-state index contributed by atoms with van der Waals surface area (Å²) in [5.74, 6) is -0.452. The van der Waals surface area contributed by atoms with Crippen molar-refractivity contribution >= 4 is 21.6 Å². The summed E-state index contributed by atoms with van der Waals surface area (Å²) in [7, 11) is -2.65. The zero-order valence-corrected chi connectivity index (χ0v) is 17.2. The molecule has 0 bridgehead atoms. The van der Waals surface area contributed by atoms with E-state index in [-0.39, 0.29) is 17.9 Å². The van der Waals surface area contributed by atoms with Crippen LogP contribution < -0.4 is 10.1 Å². The van der Waals surface area contributed by atoms with Gasteiger partial charge in [-0.1, -0.05) is 18.2 Å².